The molecule has 1 aliphatic rings. The van der Waals surface area contributed by atoms with Gasteiger partial charge in [-0.3, -0.25) is 48.1 Å². The van der Waals surface area contributed by atoms with Crippen molar-refractivity contribution >= 4 is 75.9 Å². The second kappa shape index (κ2) is 26.4. The summed E-state index contributed by atoms with van der Waals surface area (Å²) in [6, 6.07) is 16.0. The van der Waals surface area contributed by atoms with Gasteiger partial charge >= 0.3 is 5.97 Å². The number of aromatic nitrogens is 1. The quantitative estimate of drug-likeness (QED) is 0.0388. The Kier molecular flexibility index (Phi) is 20.1. The number of para-hydroxylation sites is 1. The van der Waals surface area contributed by atoms with Crippen LogP contribution >= 0.6 is 11.8 Å². The van der Waals surface area contributed by atoms with Crippen LogP contribution in [0.1, 0.15) is 68.6 Å². The summed E-state index contributed by atoms with van der Waals surface area (Å²) in [6.07, 6.45) is 4.26. The van der Waals surface area contributed by atoms with Crippen molar-refractivity contribution in [3.05, 3.63) is 102 Å². The van der Waals surface area contributed by atoms with Gasteiger partial charge in [-0.2, -0.15) is 11.8 Å². The maximum absolute atomic E-state index is 14.3. The maximum Gasteiger partial charge on any atom is 0.305 e. The van der Waals surface area contributed by atoms with Gasteiger partial charge in [0.15, 0.2) is 0 Å². The number of phenols is 1. The monoisotopic (exact) mass is 968 g/mol. The van der Waals surface area contributed by atoms with Crippen molar-refractivity contribution in [3.8, 4) is 5.75 Å². The number of aromatic amines is 1. The first-order valence-electron chi connectivity index (χ1n) is 22.9. The van der Waals surface area contributed by atoms with E-state index in [1.165, 1.54) is 23.9 Å². The van der Waals surface area contributed by atoms with Crippen LogP contribution in [-0.4, -0.2) is 129 Å². The summed E-state index contributed by atoms with van der Waals surface area (Å²) in [5, 5.41) is 35.9. The van der Waals surface area contributed by atoms with Crippen LogP contribution in [0.3, 0.4) is 0 Å². The Bertz CT molecular complexity index is 2430. The number of nitrogens with zero attached hydrogens (tertiary/aromatic N) is 1. The highest BCUT2D eigenvalue weighted by Crippen LogP contribution is 2.22. The van der Waals surface area contributed by atoms with E-state index in [1.54, 1.807) is 24.6 Å². The maximum atomic E-state index is 14.3. The summed E-state index contributed by atoms with van der Waals surface area (Å²) in [7, 11) is 0. The molecular formula is C49H60N8O11S. The number of phenolic OH excluding ortho intramolecular Hbond substituents is 1. The number of thioether (sulfide) groups is 1. The van der Waals surface area contributed by atoms with Crippen LogP contribution in [0, 0.1) is 0 Å². The van der Waals surface area contributed by atoms with E-state index in [9.17, 15) is 53.4 Å². The summed E-state index contributed by atoms with van der Waals surface area (Å²) in [5.41, 5.74) is 2.90. The van der Waals surface area contributed by atoms with Gasteiger partial charge in [-0.05, 0) is 66.2 Å². The summed E-state index contributed by atoms with van der Waals surface area (Å²) < 4.78 is 0. The number of hydrogen-bond donors (Lipinski definition) is 9. The van der Waals surface area contributed by atoms with Crippen LogP contribution in [0.4, 0.5) is 0 Å². The summed E-state index contributed by atoms with van der Waals surface area (Å²) >= 11 is 1.40. The predicted molar refractivity (Wildman–Crippen MR) is 257 cm³/mol. The number of imide groups is 1. The molecule has 0 unspecified atom stereocenters. The molecule has 0 saturated carbocycles. The second-order valence-electron chi connectivity index (χ2n) is 16.7. The van der Waals surface area contributed by atoms with Crippen molar-refractivity contribution < 1.29 is 53.4 Å². The second-order valence-corrected chi connectivity index (χ2v) is 17.7. The third-order valence-electron chi connectivity index (χ3n) is 11.5. The highest BCUT2D eigenvalue weighted by molar-refractivity contribution is 7.98. The average Bonchev–Trinajstić information content (AvgIpc) is 3.90. The number of likely N-dealkylation sites (tertiary alicyclic amines) is 1. The molecule has 8 amide bonds. The highest BCUT2D eigenvalue weighted by atomic mass is 32.2. The van der Waals surface area contributed by atoms with Gasteiger partial charge in [0.05, 0.1) is 13.0 Å². The Morgan fingerprint density at radius 2 is 1.32 bits per heavy atom. The molecule has 9 N–H and O–H groups in total. The fourth-order valence-electron chi connectivity index (χ4n) is 7.84. The lowest BCUT2D eigenvalue weighted by molar-refractivity contribution is -0.147. The fraction of sp³-hybridized carbons (Fsp3) is 0.408. The number of amides is 8. The number of benzene rings is 3. The summed E-state index contributed by atoms with van der Waals surface area (Å²) in [5.74, 6) is -6.61. The number of carboxylic acid groups (broad SMARTS) is 1. The van der Waals surface area contributed by atoms with Gasteiger partial charge in [0.25, 0.3) is 0 Å². The molecule has 1 saturated heterocycles. The number of carbonyl (C=O) groups is 9. The molecule has 5 rings (SSSR count). The standard InChI is InChI=1S/C49H60N8O11S/c1-3-4-13-36(47(66)56-39(27-44(62)63)46(65)50-23-21-30-10-6-5-7-11-30)54-48(67)38(26-32-28-51-35-14-9-8-12-34(32)35)53-41(59)29-52-45(64)37(22-24-69-2)55-49(68)40(57-42(60)19-20-43(57)61)25-31-15-17-33(58)18-16-31/h5-12,14-18,28,36-40,51,58H,3-4,13,19-27,29H2,1-2H3,(H,50,65)(H,52,64)(H,53,59)(H,54,67)(H,55,68)(H,56,66)(H,62,63)/t36-,37-,38+,39-,40-/m0/s1. The third kappa shape index (κ3) is 15.9. The topological polar surface area (TPSA) is 285 Å². The lowest BCUT2D eigenvalue weighted by atomic mass is 10.0. The number of aliphatic carboxylic acids is 1. The van der Waals surface area contributed by atoms with Crippen molar-refractivity contribution in [2.75, 3.05) is 25.1 Å². The summed E-state index contributed by atoms with van der Waals surface area (Å²) in [6.45, 7) is 1.42. The van der Waals surface area contributed by atoms with Gasteiger partial charge in [-0.25, -0.2) is 0 Å². The molecule has 1 aliphatic heterocycles. The molecule has 19 nitrogen and oxygen atoms in total. The molecule has 0 spiro atoms. The minimum Gasteiger partial charge on any atom is -0.508 e. The van der Waals surface area contributed by atoms with Gasteiger partial charge in [0.1, 0.15) is 36.0 Å². The number of rotatable bonds is 27. The van der Waals surface area contributed by atoms with Crippen LogP contribution in [0.25, 0.3) is 10.9 Å². The largest absolute Gasteiger partial charge is 0.508 e. The normalized spacial score (nSPS) is 14.5. The number of nitrogens with one attached hydrogen (secondary N) is 7. The fourth-order valence-corrected chi connectivity index (χ4v) is 8.31. The molecule has 0 bridgehead atoms. The molecule has 5 atom stereocenters. The van der Waals surface area contributed by atoms with Gasteiger partial charge in [-0.15, -0.1) is 0 Å². The number of carbonyl (C=O) groups excluding carboxylic acids is 8. The van der Waals surface area contributed by atoms with Crippen molar-refractivity contribution in [2.24, 2.45) is 0 Å². The van der Waals surface area contributed by atoms with Gasteiger partial charge in [-0.1, -0.05) is 80.4 Å². The molecule has 0 radical (unpaired) electrons. The number of hydrogen-bond acceptors (Lipinski definition) is 11. The number of aromatic hydroxyl groups is 1. The zero-order valence-electron chi connectivity index (χ0n) is 38.6. The first kappa shape index (κ1) is 52.7. The van der Waals surface area contributed by atoms with E-state index in [0.29, 0.717) is 36.1 Å². The van der Waals surface area contributed by atoms with Crippen LogP contribution in [0.5, 0.6) is 5.75 Å². The smallest absolute Gasteiger partial charge is 0.305 e. The van der Waals surface area contributed by atoms with E-state index in [0.717, 1.165) is 21.4 Å². The molecule has 1 aromatic heterocycles. The van der Waals surface area contributed by atoms with E-state index >= 15 is 0 Å². The number of unbranched alkanes of at least 4 members (excludes halogenated alkanes) is 1. The summed E-state index contributed by atoms with van der Waals surface area (Å²) in [4.78, 5) is 124. The van der Waals surface area contributed by atoms with Crippen LogP contribution in [0.15, 0.2) is 85.1 Å². The van der Waals surface area contributed by atoms with Crippen molar-refractivity contribution in [3.63, 3.8) is 0 Å². The van der Waals surface area contributed by atoms with E-state index in [-0.39, 0.29) is 50.8 Å². The highest BCUT2D eigenvalue weighted by Gasteiger charge is 2.40. The molecular weight excluding hydrogens is 909 g/mol. The molecule has 2 heterocycles. The van der Waals surface area contributed by atoms with E-state index < -0.39 is 96.4 Å². The average molecular weight is 969 g/mol. The van der Waals surface area contributed by atoms with E-state index in [2.05, 4.69) is 36.9 Å². The van der Waals surface area contributed by atoms with Crippen LogP contribution in [-0.2, 0) is 62.4 Å². The van der Waals surface area contributed by atoms with Crippen LogP contribution < -0.4 is 31.9 Å². The molecule has 20 heteroatoms. The molecule has 69 heavy (non-hydrogen) atoms. The lowest BCUT2D eigenvalue weighted by Crippen LogP contribution is -2.58. The van der Waals surface area contributed by atoms with E-state index in [1.807, 2.05) is 61.5 Å². The van der Waals surface area contributed by atoms with E-state index in [4.69, 9.17) is 0 Å². The van der Waals surface area contributed by atoms with Gasteiger partial charge < -0.3 is 47.1 Å². The molecule has 1 fully saturated rings. The zero-order chi connectivity index (χ0) is 49.9. The molecule has 4 aromatic rings. The molecule has 0 aliphatic carbocycles. The first-order chi connectivity index (χ1) is 33.2. The Morgan fingerprint density at radius 1 is 0.696 bits per heavy atom. The Morgan fingerprint density at radius 3 is 2.00 bits per heavy atom. The first-order valence-corrected chi connectivity index (χ1v) is 24.2. The van der Waals surface area contributed by atoms with Crippen molar-refractivity contribution in [1.82, 2.24) is 41.8 Å². The van der Waals surface area contributed by atoms with Crippen molar-refractivity contribution in [2.45, 2.75) is 101 Å². The third-order valence-corrected chi connectivity index (χ3v) is 12.2. The molecule has 368 valence electrons. The Hall–Kier alpha value is -7.22. The number of carboxylic acids is 1. The van der Waals surface area contributed by atoms with Gasteiger partial charge in [0, 0.05) is 49.3 Å². The SMILES string of the molecule is CCCC[C@H](NC(=O)[C@@H](Cc1c[nH]c2ccccc12)NC(=O)CNC(=O)[C@H](CCSC)NC(=O)[C@H](Cc1ccc(O)cc1)N1C(=O)CCC1=O)C(=O)N[C@@H](CC(=O)O)C(=O)NCCc1ccccc1. The Balaban J connectivity index is 1.29. The molecule has 3 aromatic carbocycles. The minimum absolute atomic E-state index is 0.0181. The lowest BCUT2D eigenvalue weighted by Gasteiger charge is -2.28. The number of fused-ring (bicyclic) bond motifs is 1. The van der Waals surface area contributed by atoms with Crippen molar-refractivity contribution in [1.29, 1.82) is 0 Å². The number of H-pyrrole nitrogens is 1. The predicted octanol–water partition coefficient (Wildman–Crippen LogP) is 2.01. The zero-order valence-corrected chi connectivity index (χ0v) is 39.4. The minimum atomic E-state index is -1.46. The van der Waals surface area contributed by atoms with Crippen LogP contribution in [0.2, 0.25) is 0 Å². The Labute approximate surface area is 403 Å². The van der Waals surface area contributed by atoms with Gasteiger partial charge in [0.2, 0.25) is 47.3 Å².